The van der Waals surface area contributed by atoms with Crippen LogP contribution in [-0.4, -0.2) is 24.8 Å². The van der Waals surface area contributed by atoms with Gasteiger partial charge >= 0.3 is 0 Å². The minimum Gasteiger partial charge on any atom is -0.493 e. The maximum absolute atomic E-state index is 12.4. The fourth-order valence-corrected chi connectivity index (χ4v) is 4.04. The molecule has 2 aromatic rings. The van der Waals surface area contributed by atoms with Crippen molar-refractivity contribution in [1.29, 1.82) is 0 Å². The fraction of sp³-hybridized carbons (Fsp3) is 0.182. The zero-order valence-electron chi connectivity index (χ0n) is 16.2. The molecule has 2 aromatic carbocycles. The van der Waals surface area contributed by atoms with E-state index in [1.165, 1.54) is 17.3 Å². The minimum atomic E-state index is -0.194. The van der Waals surface area contributed by atoms with Crippen LogP contribution in [0.25, 0.3) is 6.08 Å². The number of thioether (sulfide) groups is 1. The van der Waals surface area contributed by atoms with E-state index in [1.54, 1.807) is 19.3 Å². The van der Waals surface area contributed by atoms with Crippen molar-refractivity contribution in [3.05, 3.63) is 56.4 Å². The average Bonchev–Trinajstić information content (AvgIpc) is 3.02. The van der Waals surface area contributed by atoms with E-state index in [1.807, 2.05) is 31.2 Å². The lowest BCUT2D eigenvalue weighted by atomic mass is 10.1. The molecule has 1 saturated heterocycles. The summed E-state index contributed by atoms with van der Waals surface area (Å²) in [4.78, 5) is 17.5. The molecule has 0 aromatic heterocycles. The first-order valence-corrected chi connectivity index (χ1v) is 10.3. The number of carbonyl (C=O) groups is 1. The number of terminal acetylenes is 1. The van der Waals surface area contributed by atoms with E-state index >= 15 is 0 Å². The molecule has 1 aliphatic rings. The van der Waals surface area contributed by atoms with Gasteiger partial charge in [-0.2, -0.15) is 0 Å². The first kappa shape index (κ1) is 21.0. The first-order valence-electron chi connectivity index (χ1n) is 8.72. The summed E-state index contributed by atoms with van der Waals surface area (Å²) in [6, 6.07) is 9.57. The van der Waals surface area contributed by atoms with Gasteiger partial charge in [-0.15, -0.1) is 6.42 Å². The predicted octanol–water partition coefficient (Wildman–Crippen LogP) is 4.98. The predicted molar refractivity (Wildman–Crippen MR) is 122 cm³/mol. The average molecular weight is 471 g/mol. The number of benzene rings is 2. The second kappa shape index (κ2) is 9.21. The molecule has 1 amide bonds. The zero-order chi connectivity index (χ0) is 21.0. The van der Waals surface area contributed by atoms with Gasteiger partial charge in [0.1, 0.15) is 6.61 Å². The number of hydrogen-bond acceptors (Lipinski definition) is 5. The highest BCUT2D eigenvalue weighted by molar-refractivity contribution is 9.10. The van der Waals surface area contributed by atoms with Crippen LogP contribution in [0.2, 0.25) is 0 Å². The summed E-state index contributed by atoms with van der Waals surface area (Å²) in [6.07, 6.45) is 7.04. The summed E-state index contributed by atoms with van der Waals surface area (Å²) in [7, 11) is 1.55. The van der Waals surface area contributed by atoms with Crippen LogP contribution < -0.4 is 14.8 Å². The Hall–Kier alpha value is -2.69. The fourth-order valence-electron chi connectivity index (χ4n) is 2.62. The van der Waals surface area contributed by atoms with Gasteiger partial charge in [0.2, 0.25) is 0 Å². The lowest BCUT2D eigenvalue weighted by Gasteiger charge is -2.12. The Morgan fingerprint density at radius 3 is 2.76 bits per heavy atom. The van der Waals surface area contributed by atoms with Crippen LogP contribution in [0.4, 0.5) is 5.69 Å². The van der Waals surface area contributed by atoms with Crippen molar-refractivity contribution in [2.24, 2.45) is 4.99 Å². The Kier molecular flexibility index (Phi) is 6.68. The van der Waals surface area contributed by atoms with Crippen molar-refractivity contribution in [2.45, 2.75) is 13.8 Å². The van der Waals surface area contributed by atoms with E-state index in [2.05, 4.69) is 39.1 Å². The molecule has 0 spiro atoms. The van der Waals surface area contributed by atoms with Gasteiger partial charge in [-0.1, -0.05) is 12.0 Å². The van der Waals surface area contributed by atoms with Crippen molar-refractivity contribution in [3.8, 4) is 23.8 Å². The molecular weight excluding hydrogens is 452 g/mol. The van der Waals surface area contributed by atoms with Crippen molar-refractivity contribution >= 4 is 50.5 Å². The SMILES string of the molecule is C#CCOc1c(Br)cc(/C=C2\SC(=Nc3ccc(C)c(C)c3)NC2=O)cc1OC. The molecule has 0 bridgehead atoms. The molecule has 1 N–H and O–H groups in total. The Labute approximate surface area is 182 Å². The topological polar surface area (TPSA) is 59.9 Å². The Morgan fingerprint density at radius 1 is 1.28 bits per heavy atom. The number of amidine groups is 1. The number of carbonyl (C=O) groups excluding carboxylic acids is 1. The van der Waals surface area contributed by atoms with Crippen LogP contribution in [0.15, 0.2) is 44.7 Å². The molecular formula is C22H19BrN2O3S. The largest absolute Gasteiger partial charge is 0.493 e. The molecule has 0 atom stereocenters. The van der Waals surface area contributed by atoms with Crippen molar-refractivity contribution in [1.82, 2.24) is 5.32 Å². The standard InChI is InChI=1S/C22H19BrN2O3S/c1-5-8-28-20-17(23)10-15(11-18(20)27-4)12-19-21(26)25-22(29-19)24-16-7-6-13(2)14(3)9-16/h1,6-7,9-12H,8H2,2-4H3,(H,24,25,26)/b19-12-. The molecule has 1 heterocycles. The third kappa shape index (κ3) is 5.03. The summed E-state index contributed by atoms with van der Waals surface area (Å²) in [5, 5.41) is 3.35. The number of halogens is 1. The summed E-state index contributed by atoms with van der Waals surface area (Å²) < 4.78 is 11.6. The van der Waals surface area contributed by atoms with Gasteiger partial charge in [0, 0.05) is 0 Å². The number of ether oxygens (including phenoxy) is 2. The van der Waals surface area contributed by atoms with Gasteiger partial charge in [0.15, 0.2) is 16.7 Å². The number of rotatable bonds is 5. The summed E-state index contributed by atoms with van der Waals surface area (Å²) in [5.41, 5.74) is 3.94. The molecule has 0 aliphatic carbocycles. The number of hydrogen-bond donors (Lipinski definition) is 1. The van der Waals surface area contributed by atoms with Gasteiger partial charge in [0.05, 0.1) is 22.2 Å². The highest BCUT2D eigenvalue weighted by Crippen LogP contribution is 2.38. The number of aryl methyl sites for hydroxylation is 2. The highest BCUT2D eigenvalue weighted by atomic mass is 79.9. The van der Waals surface area contributed by atoms with E-state index in [9.17, 15) is 4.79 Å². The van der Waals surface area contributed by atoms with Crippen LogP contribution >= 0.6 is 27.7 Å². The maximum Gasteiger partial charge on any atom is 0.264 e. The lowest BCUT2D eigenvalue weighted by Crippen LogP contribution is -2.19. The van der Waals surface area contributed by atoms with Gasteiger partial charge < -0.3 is 14.8 Å². The van der Waals surface area contributed by atoms with Gasteiger partial charge in [0.25, 0.3) is 5.91 Å². The van der Waals surface area contributed by atoms with E-state index in [4.69, 9.17) is 15.9 Å². The molecule has 7 heteroatoms. The molecule has 0 saturated carbocycles. The smallest absolute Gasteiger partial charge is 0.264 e. The molecule has 0 radical (unpaired) electrons. The van der Waals surface area contributed by atoms with Crippen molar-refractivity contribution in [2.75, 3.05) is 13.7 Å². The van der Waals surface area contributed by atoms with E-state index in [-0.39, 0.29) is 12.5 Å². The van der Waals surface area contributed by atoms with Gasteiger partial charge in [-0.3, -0.25) is 4.79 Å². The number of nitrogens with one attached hydrogen (secondary N) is 1. The van der Waals surface area contributed by atoms with E-state index in [0.29, 0.717) is 26.0 Å². The summed E-state index contributed by atoms with van der Waals surface area (Å²) >= 11 is 4.76. The Bertz CT molecular complexity index is 1070. The monoisotopic (exact) mass is 470 g/mol. The number of methoxy groups -OCH3 is 1. The maximum atomic E-state index is 12.4. The quantitative estimate of drug-likeness (QED) is 0.494. The van der Waals surface area contributed by atoms with Crippen LogP contribution in [-0.2, 0) is 4.79 Å². The zero-order valence-corrected chi connectivity index (χ0v) is 18.6. The van der Waals surface area contributed by atoms with Crippen molar-refractivity contribution < 1.29 is 14.3 Å². The molecule has 29 heavy (non-hydrogen) atoms. The number of aliphatic imine (C=N–C) groups is 1. The second-order valence-electron chi connectivity index (χ2n) is 6.28. The van der Waals surface area contributed by atoms with Crippen molar-refractivity contribution in [3.63, 3.8) is 0 Å². The second-order valence-corrected chi connectivity index (χ2v) is 8.16. The number of amides is 1. The minimum absolute atomic E-state index is 0.131. The summed E-state index contributed by atoms with van der Waals surface area (Å²) in [5.74, 6) is 3.27. The Morgan fingerprint density at radius 2 is 2.07 bits per heavy atom. The van der Waals surface area contributed by atoms with Gasteiger partial charge in [-0.25, -0.2) is 4.99 Å². The van der Waals surface area contributed by atoms with E-state index in [0.717, 1.165) is 16.8 Å². The highest BCUT2D eigenvalue weighted by Gasteiger charge is 2.24. The molecule has 5 nitrogen and oxygen atoms in total. The third-order valence-corrected chi connectivity index (χ3v) is 5.72. The van der Waals surface area contributed by atoms with E-state index < -0.39 is 0 Å². The number of nitrogens with zero attached hydrogens (tertiary/aromatic N) is 1. The Balaban J connectivity index is 1.86. The molecule has 1 aliphatic heterocycles. The molecule has 0 unspecified atom stereocenters. The summed E-state index contributed by atoms with van der Waals surface area (Å²) in [6.45, 7) is 4.22. The van der Waals surface area contributed by atoms with Crippen LogP contribution in [0.3, 0.4) is 0 Å². The molecule has 1 fully saturated rings. The lowest BCUT2D eigenvalue weighted by molar-refractivity contribution is -0.115. The van der Waals surface area contributed by atoms with Gasteiger partial charge in [-0.05, 0) is 88.6 Å². The third-order valence-electron chi connectivity index (χ3n) is 4.22. The van der Waals surface area contributed by atoms with Crippen LogP contribution in [0.5, 0.6) is 11.5 Å². The molecule has 3 rings (SSSR count). The molecule has 148 valence electrons. The normalized spacial score (nSPS) is 16.0. The van der Waals surface area contributed by atoms with Crippen LogP contribution in [0.1, 0.15) is 16.7 Å². The van der Waals surface area contributed by atoms with Crippen LogP contribution in [0, 0.1) is 26.2 Å². The first-order chi connectivity index (χ1) is 13.9.